The third-order valence-electron chi connectivity index (χ3n) is 1.81. The highest BCUT2D eigenvalue weighted by Crippen LogP contribution is 2.40. The zero-order valence-electron chi connectivity index (χ0n) is 7.31. The number of rotatable bonds is 0. The van der Waals surface area contributed by atoms with Gasteiger partial charge in [0.15, 0.2) is 5.17 Å². The molecule has 1 atom stereocenters. The summed E-state index contributed by atoms with van der Waals surface area (Å²) in [4.78, 5) is 21.5. The molecule has 0 radical (unpaired) electrons. The molecule has 0 bridgehead atoms. The summed E-state index contributed by atoms with van der Waals surface area (Å²) in [5, 5.41) is 7.92. The topological polar surface area (TPSA) is 87.8 Å². The van der Waals surface area contributed by atoms with E-state index in [1.54, 1.807) is 0 Å². The Kier molecular flexibility index (Phi) is 2.11. The van der Waals surface area contributed by atoms with Crippen molar-refractivity contribution < 1.29 is 9.59 Å². The molecule has 2 rings (SSSR count). The standard InChI is InChI=1S/C6H8N4O2S2/c1-3(11)10-6(14-4(7)9-10)2-13-5(12)8-6/h2H2,1H3,(H2,7,9)(H,8,12). The molecule has 2 heterocycles. The fourth-order valence-corrected chi connectivity index (χ4v) is 3.41. The maximum absolute atomic E-state index is 11.2. The van der Waals surface area contributed by atoms with E-state index in [9.17, 15) is 9.59 Å². The van der Waals surface area contributed by atoms with E-state index in [-0.39, 0.29) is 11.1 Å². The summed E-state index contributed by atoms with van der Waals surface area (Å²) in [7, 11) is 0. The molecular formula is C6H8N4O2S2. The number of hydrogen-bond acceptors (Lipinski definition) is 6. The molecule has 6 nitrogen and oxygen atoms in total. The van der Waals surface area contributed by atoms with Gasteiger partial charge in [-0.05, 0) is 11.8 Å². The van der Waals surface area contributed by atoms with Crippen LogP contribution in [0, 0.1) is 0 Å². The predicted molar refractivity (Wildman–Crippen MR) is 55.5 cm³/mol. The smallest absolute Gasteiger partial charge is 0.281 e. The first-order valence-electron chi connectivity index (χ1n) is 3.82. The molecule has 76 valence electrons. The molecule has 0 aliphatic carbocycles. The number of hydrogen-bond donors (Lipinski definition) is 2. The number of hydrazone groups is 1. The third kappa shape index (κ3) is 1.34. The Morgan fingerprint density at radius 1 is 1.79 bits per heavy atom. The molecule has 1 fully saturated rings. The van der Waals surface area contributed by atoms with E-state index >= 15 is 0 Å². The van der Waals surface area contributed by atoms with E-state index in [1.807, 2.05) is 0 Å². The molecule has 0 aromatic rings. The second-order valence-corrected chi connectivity index (χ2v) is 5.10. The zero-order valence-corrected chi connectivity index (χ0v) is 8.94. The average molecular weight is 232 g/mol. The number of nitrogens with one attached hydrogen (secondary N) is 1. The third-order valence-corrected chi connectivity index (χ3v) is 3.97. The molecule has 3 N–H and O–H groups in total. The number of nitrogens with zero attached hydrogens (tertiary/aromatic N) is 2. The highest BCUT2D eigenvalue weighted by atomic mass is 32.2. The van der Waals surface area contributed by atoms with Gasteiger partial charge in [0.1, 0.15) is 0 Å². The number of thioether (sulfide) groups is 2. The lowest BCUT2D eigenvalue weighted by Crippen LogP contribution is -2.52. The molecule has 2 aliphatic heterocycles. The van der Waals surface area contributed by atoms with Crippen LogP contribution >= 0.6 is 23.5 Å². The lowest BCUT2D eigenvalue weighted by molar-refractivity contribution is -0.131. The van der Waals surface area contributed by atoms with Gasteiger partial charge in [-0.15, -0.1) is 5.10 Å². The van der Waals surface area contributed by atoms with Gasteiger partial charge in [0, 0.05) is 6.92 Å². The van der Waals surface area contributed by atoms with Crippen LogP contribution in [0.4, 0.5) is 4.79 Å². The van der Waals surface area contributed by atoms with Crippen molar-refractivity contribution >= 4 is 39.8 Å². The molecule has 0 aromatic carbocycles. The summed E-state index contributed by atoms with van der Waals surface area (Å²) in [6, 6.07) is 0. The van der Waals surface area contributed by atoms with Gasteiger partial charge in [0.05, 0.1) is 5.75 Å². The van der Waals surface area contributed by atoms with Gasteiger partial charge in [-0.25, -0.2) is 0 Å². The van der Waals surface area contributed by atoms with E-state index in [1.165, 1.54) is 23.7 Å². The van der Waals surface area contributed by atoms with Crippen molar-refractivity contribution in [3.63, 3.8) is 0 Å². The van der Waals surface area contributed by atoms with E-state index in [0.717, 1.165) is 11.8 Å². The Morgan fingerprint density at radius 2 is 2.50 bits per heavy atom. The van der Waals surface area contributed by atoms with Gasteiger partial charge in [-0.3, -0.25) is 9.59 Å². The van der Waals surface area contributed by atoms with Crippen molar-refractivity contribution in [3.05, 3.63) is 0 Å². The molecule has 8 heteroatoms. The molecule has 1 saturated heterocycles. The van der Waals surface area contributed by atoms with Crippen molar-refractivity contribution in [2.75, 3.05) is 5.75 Å². The fourth-order valence-electron chi connectivity index (χ4n) is 1.30. The second kappa shape index (κ2) is 3.06. The Bertz CT molecular complexity index is 345. The number of nitrogens with two attached hydrogens (primary N) is 1. The lowest BCUT2D eigenvalue weighted by atomic mass is 10.5. The van der Waals surface area contributed by atoms with E-state index in [2.05, 4.69) is 10.4 Å². The molecular weight excluding hydrogens is 224 g/mol. The molecule has 1 spiro atoms. The summed E-state index contributed by atoms with van der Waals surface area (Å²) in [6.45, 7) is 1.39. The first kappa shape index (κ1) is 9.66. The predicted octanol–water partition coefficient (Wildman–Crippen LogP) is -0.0784. The number of amidine groups is 1. The van der Waals surface area contributed by atoms with Gasteiger partial charge in [0.2, 0.25) is 10.9 Å². The fraction of sp³-hybridized carbons (Fsp3) is 0.500. The van der Waals surface area contributed by atoms with Crippen molar-refractivity contribution in [2.24, 2.45) is 10.8 Å². The molecule has 14 heavy (non-hydrogen) atoms. The Morgan fingerprint density at radius 3 is 3.00 bits per heavy atom. The summed E-state index contributed by atoms with van der Waals surface area (Å²) in [5.74, 6) is 0.223. The summed E-state index contributed by atoms with van der Waals surface area (Å²) < 4.78 is 0. The minimum Gasteiger partial charge on any atom is -0.377 e. The van der Waals surface area contributed by atoms with Gasteiger partial charge in [-0.1, -0.05) is 11.8 Å². The SMILES string of the molecule is CC(=O)N1N=C(N)SC12CSC(=O)N2. The highest BCUT2D eigenvalue weighted by molar-refractivity contribution is 8.19. The Labute approximate surface area is 88.6 Å². The quantitative estimate of drug-likeness (QED) is 0.610. The molecule has 0 aromatic heterocycles. The summed E-state index contributed by atoms with van der Waals surface area (Å²) >= 11 is 2.32. The molecule has 2 aliphatic rings. The van der Waals surface area contributed by atoms with Gasteiger partial charge in [-0.2, -0.15) is 5.01 Å². The second-order valence-electron chi connectivity index (χ2n) is 2.86. The maximum atomic E-state index is 11.2. The largest absolute Gasteiger partial charge is 0.377 e. The minimum absolute atomic E-state index is 0.159. The van der Waals surface area contributed by atoms with Crippen LogP contribution in [0.25, 0.3) is 0 Å². The minimum atomic E-state index is -0.794. The van der Waals surface area contributed by atoms with E-state index < -0.39 is 4.99 Å². The molecule has 0 saturated carbocycles. The van der Waals surface area contributed by atoms with E-state index in [0.29, 0.717) is 10.9 Å². The normalized spacial score (nSPS) is 30.8. The van der Waals surface area contributed by atoms with Crippen LogP contribution in [0.1, 0.15) is 6.92 Å². The monoisotopic (exact) mass is 232 g/mol. The van der Waals surface area contributed by atoms with Crippen LogP contribution in [0.15, 0.2) is 5.10 Å². The van der Waals surface area contributed by atoms with Crippen LogP contribution in [-0.2, 0) is 4.79 Å². The summed E-state index contributed by atoms with van der Waals surface area (Å²) in [6.07, 6.45) is 0. The first-order valence-corrected chi connectivity index (χ1v) is 5.62. The Balaban J connectivity index is 2.29. The first-order chi connectivity index (χ1) is 6.53. The van der Waals surface area contributed by atoms with Crippen LogP contribution in [0.5, 0.6) is 0 Å². The lowest BCUT2D eigenvalue weighted by Gasteiger charge is -2.28. The van der Waals surface area contributed by atoms with E-state index in [4.69, 9.17) is 5.73 Å². The van der Waals surface area contributed by atoms with Crippen LogP contribution in [-0.4, -0.2) is 32.1 Å². The van der Waals surface area contributed by atoms with Crippen molar-refractivity contribution in [1.82, 2.24) is 10.3 Å². The van der Waals surface area contributed by atoms with Gasteiger partial charge in [0.25, 0.3) is 5.24 Å². The maximum Gasteiger partial charge on any atom is 0.281 e. The van der Waals surface area contributed by atoms with Gasteiger partial charge >= 0.3 is 0 Å². The average Bonchev–Trinajstić information content (AvgIpc) is 2.57. The van der Waals surface area contributed by atoms with Crippen LogP contribution < -0.4 is 11.1 Å². The molecule has 1 unspecified atom stereocenters. The van der Waals surface area contributed by atoms with Crippen LogP contribution in [0.3, 0.4) is 0 Å². The highest BCUT2D eigenvalue weighted by Gasteiger charge is 2.50. The number of carbonyl (C=O) groups is 2. The summed E-state index contributed by atoms with van der Waals surface area (Å²) in [5.41, 5.74) is 5.52. The number of carbonyl (C=O) groups excluding carboxylic acids is 2. The van der Waals surface area contributed by atoms with Crippen molar-refractivity contribution in [3.8, 4) is 0 Å². The van der Waals surface area contributed by atoms with Crippen molar-refractivity contribution in [1.29, 1.82) is 0 Å². The molecule has 2 amide bonds. The van der Waals surface area contributed by atoms with Crippen LogP contribution in [0.2, 0.25) is 0 Å². The Hall–Kier alpha value is -0.890. The number of amides is 2. The zero-order chi connectivity index (χ0) is 10.3. The van der Waals surface area contributed by atoms with Crippen molar-refractivity contribution in [2.45, 2.75) is 11.9 Å². The van der Waals surface area contributed by atoms with Gasteiger partial charge < -0.3 is 11.1 Å².